The molecule has 0 saturated carbocycles. The third kappa shape index (κ3) is 49.4. The highest BCUT2D eigenvalue weighted by Gasteiger charge is 2.19. The van der Waals surface area contributed by atoms with Gasteiger partial charge in [-0.25, -0.2) is 0 Å². The molecule has 0 aliphatic rings. The molecular formula is C56H108O6. The fourth-order valence-corrected chi connectivity index (χ4v) is 8.52. The van der Waals surface area contributed by atoms with Crippen LogP contribution in [0.4, 0.5) is 0 Å². The highest BCUT2D eigenvalue weighted by Crippen LogP contribution is 2.18. The van der Waals surface area contributed by atoms with Crippen LogP contribution in [0.5, 0.6) is 0 Å². The number of ether oxygens (including phenoxy) is 3. The van der Waals surface area contributed by atoms with E-state index in [4.69, 9.17) is 14.2 Å². The van der Waals surface area contributed by atoms with Crippen LogP contribution in [0.1, 0.15) is 311 Å². The van der Waals surface area contributed by atoms with Gasteiger partial charge < -0.3 is 14.2 Å². The topological polar surface area (TPSA) is 78.9 Å². The van der Waals surface area contributed by atoms with Crippen molar-refractivity contribution in [1.82, 2.24) is 0 Å². The van der Waals surface area contributed by atoms with Crippen LogP contribution >= 0.6 is 0 Å². The zero-order valence-electron chi connectivity index (χ0n) is 42.5. The number of hydrogen-bond donors (Lipinski definition) is 0. The van der Waals surface area contributed by atoms with Gasteiger partial charge in [0.25, 0.3) is 0 Å². The van der Waals surface area contributed by atoms with Gasteiger partial charge in [-0.2, -0.15) is 0 Å². The van der Waals surface area contributed by atoms with E-state index in [1.54, 1.807) is 0 Å². The number of rotatable bonds is 50. The Morgan fingerprint density at radius 1 is 0.306 bits per heavy atom. The summed E-state index contributed by atoms with van der Waals surface area (Å²) >= 11 is 0. The summed E-state index contributed by atoms with van der Waals surface area (Å²) in [6.45, 7) is 11.4. The molecule has 0 saturated heterocycles. The van der Waals surface area contributed by atoms with E-state index in [0.717, 1.165) is 69.6 Å². The minimum Gasteiger partial charge on any atom is -0.462 e. The van der Waals surface area contributed by atoms with Crippen molar-refractivity contribution in [3.05, 3.63) is 0 Å². The summed E-state index contributed by atoms with van der Waals surface area (Å²) in [5, 5.41) is 0. The van der Waals surface area contributed by atoms with Gasteiger partial charge in [0, 0.05) is 19.3 Å². The Balaban J connectivity index is 4.28. The second-order valence-electron chi connectivity index (χ2n) is 20.2. The van der Waals surface area contributed by atoms with Gasteiger partial charge in [-0.3, -0.25) is 14.4 Å². The highest BCUT2D eigenvalue weighted by molar-refractivity contribution is 5.71. The maximum Gasteiger partial charge on any atom is 0.306 e. The van der Waals surface area contributed by atoms with Crippen LogP contribution in [0.3, 0.4) is 0 Å². The second-order valence-corrected chi connectivity index (χ2v) is 20.2. The summed E-state index contributed by atoms with van der Waals surface area (Å²) in [5.74, 6) is 0.840. The van der Waals surface area contributed by atoms with Crippen LogP contribution in [0.2, 0.25) is 0 Å². The van der Waals surface area contributed by atoms with Crippen LogP contribution in [0.25, 0.3) is 0 Å². The number of carbonyl (C=O) groups excluding carboxylic acids is 3. The van der Waals surface area contributed by atoms with Gasteiger partial charge in [0.1, 0.15) is 13.2 Å². The quantitative estimate of drug-likeness (QED) is 0.0344. The lowest BCUT2D eigenvalue weighted by Gasteiger charge is -2.18. The van der Waals surface area contributed by atoms with E-state index in [1.165, 1.54) is 199 Å². The summed E-state index contributed by atoms with van der Waals surface area (Å²) in [7, 11) is 0. The van der Waals surface area contributed by atoms with E-state index < -0.39 is 6.10 Å². The minimum atomic E-state index is -0.762. The van der Waals surface area contributed by atoms with Crippen molar-refractivity contribution in [1.29, 1.82) is 0 Å². The molecule has 0 unspecified atom stereocenters. The van der Waals surface area contributed by atoms with Gasteiger partial charge in [-0.15, -0.1) is 0 Å². The molecule has 0 aromatic carbocycles. The van der Waals surface area contributed by atoms with Crippen LogP contribution in [0, 0.1) is 11.8 Å². The predicted molar refractivity (Wildman–Crippen MR) is 266 cm³/mol. The Morgan fingerprint density at radius 3 is 0.790 bits per heavy atom. The lowest BCUT2D eigenvalue weighted by atomic mass is 10.0. The molecule has 6 heteroatoms. The van der Waals surface area contributed by atoms with Crippen LogP contribution < -0.4 is 0 Å². The van der Waals surface area contributed by atoms with Crippen LogP contribution in [-0.4, -0.2) is 37.2 Å². The molecule has 0 bridgehead atoms. The number of esters is 3. The lowest BCUT2D eigenvalue weighted by molar-refractivity contribution is -0.167. The Labute approximate surface area is 387 Å². The summed E-state index contributed by atoms with van der Waals surface area (Å²) in [4.78, 5) is 38.0. The molecule has 0 radical (unpaired) electrons. The summed E-state index contributed by atoms with van der Waals surface area (Å²) < 4.78 is 16.8. The molecule has 6 nitrogen and oxygen atoms in total. The number of carbonyl (C=O) groups is 3. The second kappa shape index (κ2) is 48.9. The monoisotopic (exact) mass is 877 g/mol. The first kappa shape index (κ1) is 60.4. The Kier molecular flexibility index (Phi) is 47.6. The first-order valence-corrected chi connectivity index (χ1v) is 27.7. The lowest BCUT2D eigenvalue weighted by Crippen LogP contribution is -2.30. The molecule has 0 aromatic rings. The van der Waals surface area contributed by atoms with Gasteiger partial charge in [0.05, 0.1) is 0 Å². The molecule has 0 amide bonds. The summed E-state index contributed by atoms with van der Waals surface area (Å²) in [6.07, 6.45) is 50.9. The van der Waals surface area contributed by atoms with E-state index in [0.29, 0.717) is 19.3 Å². The fourth-order valence-electron chi connectivity index (χ4n) is 8.52. The minimum absolute atomic E-state index is 0.0629. The van der Waals surface area contributed by atoms with E-state index >= 15 is 0 Å². The van der Waals surface area contributed by atoms with Crippen molar-refractivity contribution >= 4 is 17.9 Å². The van der Waals surface area contributed by atoms with Crippen LogP contribution in [-0.2, 0) is 28.6 Å². The van der Waals surface area contributed by atoms with E-state index in [9.17, 15) is 14.4 Å². The Hall–Kier alpha value is -1.59. The van der Waals surface area contributed by atoms with Gasteiger partial charge in [-0.05, 0) is 31.1 Å². The van der Waals surface area contributed by atoms with Crippen molar-refractivity contribution < 1.29 is 28.6 Å². The molecule has 0 aliphatic carbocycles. The molecular weight excluding hydrogens is 769 g/mol. The molecule has 0 aliphatic heterocycles. The Bertz CT molecular complexity index is 947. The summed E-state index contributed by atoms with van der Waals surface area (Å²) in [6, 6.07) is 0. The fraction of sp³-hybridized carbons (Fsp3) is 0.946. The SMILES string of the molecule is CCCCCCCCCCCCCC(=O)OC[C@@H](COC(=O)CCCCCCCCCCCCCCCCC(C)C)OC(=O)CCCCCCCCCCCCCCCC(C)C. The molecule has 0 heterocycles. The normalized spacial score (nSPS) is 12.0. The van der Waals surface area contributed by atoms with Gasteiger partial charge in [0.15, 0.2) is 6.10 Å². The molecule has 368 valence electrons. The molecule has 0 aromatic heterocycles. The predicted octanol–water partition coefficient (Wildman–Crippen LogP) is 18.1. The van der Waals surface area contributed by atoms with Crippen molar-refractivity contribution in [2.45, 2.75) is 317 Å². The van der Waals surface area contributed by atoms with Gasteiger partial charge in [-0.1, -0.05) is 272 Å². The zero-order valence-corrected chi connectivity index (χ0v) is 42.5. The first-order valence-electron chi connectivity index (χ1n) is 27.7. The zero-order chi connectivity index (χ0) is 45.4. The average Bonchev–Trinajstić information content (AvgIpc) is 3.24. The highest BCUT2D eigenvalue weighted by atomic mass is 16.6. The smallest absolute Gasteiger partial charge is 0.306 e. The largest absolute Gasteiger partial charge is 0.462 e. The van der Waals surface area contributed by atoms with Crippen molar-refractivity contribution in [2.24, 2.45) is 11.8 Å². The molecule has 0 N–H and O–H groups in total. The molecule has 62 heavy (non-hydrogen) atoms. The number of hydrogen-bond acceptors (Lipinski definition) is 6. The first-order chi connectivity index (χ1) is 30.2. The Morgan fingerprint density at radius 2 is 0.532 bits per heavy atom. The summed E-state index contributed by atoms with van der Waals surface area (Å²) in [5.41, 5.74) is 0. The maximum atomic E-state index is 12.8. The molecule has 0 spiro atoms. The standard InChI is InChI=1S/C56H108O6/c1-6-7-8-9-10-11-19-26-31-36-41-46-54(57)60-49-53(62-56(59)48-43-38-33-28-23-18-14-16-21-25-30-35-40-45-52(4)5)50-61-55(58)47-42-37-32-27-22-17-13-12-15-20-24-29-34-39-44-51(2)3/h51-53H,6-50H2,1-5H3/t53-/m0/s1. The van der Waals surface area contributed by atoms with Crippen molar-refractivity contribution in [3.63, 3.8) is 0 Å². The van der Waals surface area contributed by atoms with E-state index in [-0.39, 0.29) is 31.1 Å². The number of unbranched alkanes of at least 4 members (excludes halogenated alkanes) is 35. The van der Waals surface area contributed by atoms with Crippen LogP contribution in [0.15, 0.2) is 0 Å². The maximum absolute atomic E-state index is 12.8. The van der Waals surface area contributed by atoms with E-state index in [2.05, 4.69) is 34.6 Å². The van der Waals surface area contributed by atoms with Crippen molar-refractivity contribution in [2.75, 3.05) is 13.2 Å². The van der Waals surface area contributed by atoms with E-state index in [1.807, 2.05) is 0 Å². The van der Waals surface area contributed by atoms with Crippen molar-refractivity contribution in [3.8, 4) is 0 Å². The molecule has 1 atom stereocenters. The third-order valence-electron chi connectivity index (χ3n) is 12.7. The van der Waals surface area contributed by atoms with Gasteiger partial charge in [0.2, 0.25) is 0 Å². The van der Waals surface area contributed by atoms with Gasteiger partial charge >= 0.3 is 17.9 Å². The molecule has 0 rings (SSSR count). The molecule has 0 fully saturated rings. The average molecular weight is 877 g/mol. The third-order valence-corrected chi connectivity index (χ3v) is 12.7.